The van der Waals surface area contributed by atoms with Gasteiger partial charge < -0.3 is 0 Å². The summed E-state index contributed by atoms with van der Waals surface area (Å²) in [5, 5.41) is 0. The molecule has 0 heterocycles. The van der Waals surface area contributed by atoms with Crippen LogP contribution < -0.4 is 5.48 Å². The Bertz CT molecular complexity index is 974. The fraction of sp³-hybridized carbons (Fsp3) is 0.115. The summed E-state index contributed by atoms with van der Waals surface area (Å²) >= 11 is 0. The largest absolute Gasteiger partial charge is 0.277 e. The molecule has 1 N–H and O–H groups in total. The zero-order valence-corrected chi connectivity index (χ0v) is 16.7. The number of amides is 1. The second-order valence-electron chi connectivity index (χ2n) is 6.62. The summed E-state index contributed by atoms with van der Waals surface area (Å²) in [7, 11) is 1.41. The molecule has 3 rings (SSSR count). The van der Waals surface area contributed by atoms with E-state index in [1.165, 1.54) is 35.4 Å². The minimum atomic E-state index is -0.293. The van der Waals surface area contributed by atoms with Crippen molar-refractivity contribution in [2.75, 3.05) is 7.11 Å². The summed E-state index contributed by atoms with van der Waals surface area (Å²) in [6.45, 7) is 2.09. The molecule has 146 valence electrons. The lowest BCUT2D eigenvalue weighted by atomic mass is 9.81. The third kappa shape index (κ3) is 5.31. The molecular weight excluding hydrogens is 358 g/mol. The van der Waals surface area contributed by atoms with E-state index in [2.05, 4.69) is 84.0 Å². The summed E-state index contributed by atoms with van der Waals surface area (Å²) in [6.07, 6.45) is 5.41. The van der Waals surface area contributed by atoms with Gasteiger partial charge in [-0.1, -0.05) is 91.0 Å². The number of hydrogen-bond acceptors (Lipinski definition) is 2. The van der Waals surface area contributed by atoms with Gasteiger partial charge in [0.25, 0.3) is 5.91 Å². The molecule has 0 saturated heterocycles. The fourth-order valence-corrected chi connectivity index (χ4v) is 3.43. The van der Waals surface area contributed by atoms with Gasteiger partial charge in [0.1, 0.15) is 0 Å². The molecule has 0 aliphatic heterocycles. The summed E-state index contributed by atoms with van der Waals surface area (Å²) in [4.78, 5) is 16.1. The van der Waals surface area contributed by atoms with Crippen LogP contribution in [0.4, 0.5) is 0 Å². The summed E-state index contributed by atoms with van der Waals surface area (Å²) in [6, 6.07) is 29.3. The van der Waals surface area contributed by atoms with E-state index in [9.17, 15) is 4.79 Å². The molecular formula is C26H25NO2. The molecule has 1 amide bonds. The Labute approximate surface area is 172 Å². The highest BCUT2D eigenvalue weighted by atomic mass is 16.6. The minimum absolute atomic E-state index is 0.124. The van der Waals surface area contributed by atoms with E-state index in [1.807, 2.05) is 24.3 Å². The Kier molecular flexibility index (Phi) is 7.15. The molecule has 3 aromatic rings. The highest BCUT2D eigenvalue weighted by Crippen LogP contribution is 2.37. The second-order valence-corrected chi connectivity index (χ2v) is 6.62. The molecule has 3 aromatic carbocycles. The SMILES string of the molecule is CC=C(c1ccccc1)C(c1ccccc1)c1ccc(C=CC(=O)NOC)cc1. The van der Waals surface area contributed by atoms with Gasteiger partial charge in [0.2, 0.25) is 0 Å². The van der Waals surface area contributed by atoms with Crippen molar-refractivity contribution in [1.29, 1.82) is 0 Å². The van der Waals surface area contributed by atoms with Gasteiger partial charge in [-0.2, -0.15) is 0 Å². The van der Waals surface area contributed by atoms with Crippen LogP contribution >= 0.6 is 0 Å². The molecule has 0 bridgehead atoms. The number of carbonyl (C=O) groups is 1. The van der Waals surface area contributed by atoms with Crippen LogP contribution in [0.5, 0.6) is 0 Å². The quantitative estimate of drug-likeness (QED) is 0.425. The number of benzene rings is 3. The minimum Gasteiger partial charge on any atom is -0.277 e. The topological polar surface area (TPSA) is 38.3 Å². The van der Waals surface area contributed by atoms with Crippen molar-refractivity contribution in [1.82, 2.24) is 5.48 Å². The van der Waals surface area contributed by atoms with Gasteiger partial charge in [-0.25, -0.2) is 5.48 Å². The van der Waals surface area contributed by atoms with Gasteiger partial charge in [-0.05, 0) is 40.8 Å². The smallest absolute Gasteiger partial charge is 0.267 e. The maximum Gasteiger partial charge on any atom is 0.267 e. The number of rotatable bonds is 7. The predicted octanol–water partition coefficient (Wildman–Crippen LogP) is 5.61. The van der Waals surface area contributed by atoms with Crippen molar-refractivity contribution >= 4 is 17.6 Å². The first kappa shape index (κ1) is 20.3. The monoisotopic (exact) mass is 383 g/mol. The van der Waals surface area contributed by atoms with Crippen molar-refractivity contribution < 1.29 is 9.63 Å². The summed E-state index contributed by atoms with van der Waals surface area (Å²) in [5.41, 5.74) is 8.15. The Morgan fingerprint density at radius 1 is 0.862 bits per heavy atom. The normalized spacial score (nSPS) is 12.7. The molecule has 0 spiro atoms. The number of carbonyl (C=O) groups excluding carboxylic acids is 1. The highest BCUT2D eigenvalue weighted by molar-refractivity contribution is 5.91. The average molecular weight is 383 g/mol. The number of hydroxylamine groups is 1. The number of allylic oxidation sites excluding steroid dienone is 2. The van der Waals surface area contributed by atoms with Crippen LogP contribution in [0.2, 0.25) is 0 Å². The molecule has 0 saturated carbocycles. The molecule has 1 atom stereocenters. The van der Waals surface area contributed by atoms with Crippen LogP contribution in [-0.2, 0) is 9.63 Å². The Hall–Kier alpha value is -3.43. The number of nitrogens with one attached hydrogen (secondary N) is 1. The molecule has 1 unspecified atom stereocenters. The van der Waals surface area contributed by atoms with Crippen LogP contribution in [0.25, 0.3) is 11.6 Å². The van der Waals surface area contributed by atoms with E-state index in [0.717, 1.165) is 5.56 Å². The Morgan fingerprint density at radius 2 is 1.45 bits per heavy atom. The van der Waals surface area contributed by atoms with Crippen LogP contribution in [0.15, 0.2) is 97.1 Å². The van der Waals surface area contributed by atoms with Crippen LogP contribution in [0.1, 0.15) is 35.1 Å². The van der Waals surface area contributed by atoms with Crippen molar-refractivity contribution in [3.05, 3.63) is 119 Å². The van der Waals surface area contributed by atoms with Crippen LogP contribution in [0, 0.1) is 0 Å². The van der Waals surface area contributed by atoms with Crippen molar-refractivity contribution in [2.24, 2.45) is 0 Å². The maximum absolute atomic E-state index is 11.5. The highest BCUT2D eigenvalue weighted by Gasteiger charge is 2.19. The fourth-order valence-electron chi connectivity index (χ4n) is 3.43. The lowest BCUT2D eigenvalue weighted by Crippen LogP contribution is -2.18. The van der Waals surface area contributed by atoms with Gasteiger partial charge in [0.15, 0.2) is 0 Å². The Morgan fingerprint density at radius 3 is 2.03 bits per heavy atom. The molecule has 3 heteroatoms. The van der Waals surface area contributed by atoms with Gasteiger partial charge in [-0.15, -0.1) is 0 Å². The lowest BCUT2D eigenvalue weighted by Gasteiger charge is -2.22. The zero-order valence-electron chi connectivity index (χ0n) is 16.7. The van der Waals surface area contributed by atoms with Crippen LogP contribution in [0.3, 0.4) is 0 Å². The molecule has 0 aliphatic rings. The van der Waals surface area contributed by atoms with E-state index in [-0.39, 0.29) is 11.8 Å². The molecule has 29 heavy (non-hydrogen) atoms. The molecule has 3 nitrogen and oxygen atoms in total. The van der Waals surface area contributed by atoms with E-state index in [1.54, 1.807) is 6.08 Å². The molecule has 0 aliphatic carbocycles. The van der Waals surface area contributed by atoms with Gasteiger partial charge >= 0.3 is 0 Å². The maximum atomic E-state index is 11.5. The van der Waals surface area contributed by atoms with E-state index in [0.29, 0.717) is 0 Å². The summed E-state index contributed by atoms with van der Waals surface area (Å²) < 4.78 is 0. The van der Waals surface area contributed by atoms with Crippen LogP contribution in [-0.4, -0.2) is 13.0 Å². The molecule has 0 fully saturated rings. The standard InChI is InChI=1S/C26H25NO2/c1-3-24(21-10-6-4-7-11-21)26(22-12-8-5-9-13-22)23-17-14-20(15-18-23)16-19-25(28)27-29-2/h3-19,26H,1-2H3,(H,27,28). The predicted molar refractivity (Wildman–Crippen MR) is 119 cm³/mol. The average Bonchev–Trinajstić information content (AvgIpc) is 2.78. The first-order chi connectivity index (χ1) is 14.2. The first-order valence-electron chi connectivity index (χ1n) is 9.60. The van der Waals surface area contributed by atoms with E-state index < -0.39 is 0 Å². The zero-order chi connectivity index (χ0) is 20.5. The second kappa shape index (κ2) is 10.2. The summed E-state index contributed by atoms with van der Waals surface area (Å²) in [5.74, 6) is -0.169. The molecule has 0 radical (unpaired) electrons. The van der Waals surface area contributed by atoms with Crippen molar-refractivity contribution in [2.45, 2.75) is 12.8 Å². The Balaban J connectivity index is 1.96. The van der Waals surface area contributed by atoms with Gasteiger partial charge in [-0.3, -0.25) is 9.63 Å². The van der Waals surface area contributed by atoms with Gasteiger partial charge in [0, 0.05) is 12.0 Å². The van der Waals surface area contributed by atoms with Crippen molar-refractivity contribution in [3.8, 4) is 0 Å². The van der Waals surface area contributed by atoms with Gasteiger partial charge in [0.05, 0.1) is 7.11 Å². The van der Waals surface area contributed by atoms with E-state index >= 15 is 0 Å². The lowest BCUT2D eigenvalue weighted by molar-refractivity contribution is -0.126. The third-order valence-corrected chi connectivity index (χ3v) is 4.76. The van der Waals surface area contributed by atoms with Crippen molar-refractivity contribution in [3.63, 3.8) is 0 Å². The number of hydrogen-bond donors (Lipinski definition) is 1. The molecule has 0 aromatic heterocycles. The van der Waals surface area contributed by atoms with E-state index in [4.69, 9.17) is 0 Å². The first-order valence-corrected chi connectivity index (χ1v) is 9.60. The third-order valence-electron chi connectivity index (χ3n) is 4.76.